The van der Waals surface area contributed by atoms with Crippen LogP contribution in [0.5, 0.6) is 0 Å². The smallest absolute Gasteiger partial charge is 0.191 e. The van der Waals surface area contributed by atoms with Gasteiger partial charge in [-0.3, -0.25) is 0 Å². The number of nitrogens with one attached hydrogen (secondary N) is 2. The van der Waals surface area contributed by atoms with Gasteiger partial charge >= 0.3 is 0 Å². The van der Waals surface area contributed by atoms with Crippen molar-refractivity contribution in [3.63, 3.8) is 0 Å². The minimum atomic E-state index is -0.469. The number of benzene rings is 1. The molecule has 0 fully saturated rings. The van der Waals surface area contributed by atoms with E-state index < -0.39 is 11.6 Å². The molecule has 0 spiro atoms. The minimum Gasteiger partial charge on any atom is -0.357 e. The van der Waals surface area contributed by atoms with Gasteiger partial charge in [0.15, 0.2) is 5.96 Å². The lowest BCUT2D eigenvalue weighted by Crippen LogP contribution is -2.36. The monoisotopic (exact) mass is 480 g/mol. The van der Waals surface area contributed by atoms with E-state index in [1.807, 2.05) is 12.3 Å². The molecule has 0 unspecified atom stereocenters. The molecule has 0 saturated heterocycles. The highest BCUT2D eigenvalue weighted by Crippen LogP contribution is 2.17. The average Bonchev–Trinajstić information content (AvgIpc) is 3.02. The lowest BCUT2D eigenvalue weighted by Gasteiger charge is -2.10. The zero-order valence-corrected chi connectivity index (χ0v) is 17.6. The molecule has 2 rings (SSSR count). The lowest BCUT2D eigenvalue weighted by molar-refractivity contribution is 0.585. The molecule has 0 bridgehead atoms. The van der Waals surface area contributed by atoms with E-state index >= 15 is 0 Å². The number of nitrogens with zero attached hydrogens (tertiary/aromatic N) is 2. The molecule has 25 heavy (non-hydrogen) atoms. The van der Waals surface area contributed by atoms with Crippen LogP contribution in [0, 0.1) is 11.6 Å². The van der Waals surface area contributed by atoms with Crippen LogP contribution < -0.4 is 10.6 Å². The largest absolute Gasteiger partial charge is 0.357 e. The molecule has 2 N–H and O–H groups in total. The van der Waals surface area contributed by atoms with Crippen molar-refractivity contribution in [2.75, 3.05) is 6.54 Å². The molecule has 0 aliphatic heterocycles. The Morgan fingerprint density at radius 3 is 2.68 bits per heavy atom. The van der Waals surface area contributed by atoms with Crippen LogP contribution in [0.15, 0.2) is 28.6 Å². The van der Waals surface area contributed by atoms with Gasteiger partial charge in [0.2, 0.25) is 0 Å². The molecule has 0 amide bonds. The predicted molar refractivity (Wildman–Crippen MR) is 110 cm³/mol. The van der Waals surface area contributed by atoms with Gasteiger partial charge in [-0.15, -0.1) is 35.3 Å². The Morgan fingerprint density at radius 2 is 2.04 bits per heavy atom. The SMILES string of the molecule is CCNC(=NCc1cc(F)ccc1F)NCc1nc(C(C)C)cs1.I. The lowest BCUT2D eigenvalue weighted by atomic mass is 10.2. The summed E-state index contributed by atoms with van der Waals surface area (Å²) < 4.78 is 26.9. The molecule has 0 saturated carbocycles. The summed E-state index contributed by atoms with van der Waals surface area (Å²) in [6.07, 6.45) is 0. The van der Waals surface area contributed by atoms with Gasteiger partial charge in [0.25, 0.3) is 0 Å². The summed E-state index contributed by atoms with van der Waals surface area (Å²) in [6, 6.07) is 3.38. The Bertz CT molecular complexity index is 704. The first-order valence-electron chi connectivity index (χ1n) is 7.90. The summed E-state index contributed by atoms with van der Waals surface area (Å²) in [5.74, 6) is 0.0105. The molecule has 4 nitrogen and oxygen atoms in total. The van der Waals surface area contributed by atoms with Gasteiger partial charge in [-0.05, 0) is 31.0 Å². The highest BCUT2D eigenvalue weighted by molar-refractivity contribution is 14.0. The molecule has 1 heterocycles. The maximum absolute atomic E-state index is 13.6. The fraction of sp³-hybridized carbons (Fsp3) is 0.412. The molecule has 0 aliphatic rings. The fourth-order valence-corrected chi connectivity index (χ4v) is 2.90. The summed E-state index contributed by atoms with van der Waals surface area (Å²) >= 11 is 1.59. The predicted octanol–water partition coefficient (Wildman–Crippen LogP) is 4.42. The van der Waals surface area contributed by atoms with Crippen molar-refractivity contribution in [3.8, 4) is 0 Å². The maximum Gasteiger partial charge on any atom is 0.191 e. The Hall–Kier alpha value is -1.29. The van der Waals surface area contributed by atoms with Crippen LogP contribution in [0.3, 0.4) is 0 Å². The van der Waals surface area contributed by atoms with Gasteiger partial charge in [-0.2, -0.15) is 0 Å². The number of thiazole rings is 1. The standard InChI is InChI=1S/C17H22F2N4S.HI/c1-4-20-17(21-8-12-7-13(18)5-6-14(12)19)22-9-16-23-15(10-24-16)11(2)3;/h5-7,10-11H,4,8-9H2,1-3H3,(H2,20,21,22);1H. The first-order chi connectivity index (χ1) is 11.5. The van der Waals surface area contributed by atoms with Crippen molar-refractivity contribution in [1.82, 2.24) is 15.6 Å². The van der Waals surface area contributed by atoms with Crippen molar-refractivity contribution >= 4 is 41.3 Å². The van der Waals surface area contributed by atoms with Crippen molar-refractivity contribution in [2.45, 2.75) is 39.8 Å². The van der Waals surface area contributed by atoms with Crippen LogP contribution >= 0.6 is 35.3 Å². The second-order valence-corrected chi connectivity index (χ2v) is 6.55. The van der Waals surface area contributed by atoms with Crippen LogP contribution in [0.2, 0.25) is 0 Å². The van der Waals surface area contributed by atoms with Gasteiger partial charge in [0.05, 0.1) is 18.8 Å². The molecule has 8 heteroatoms. The molecule has 138 valence electrons. The number of aliphatic imine (C=N–C) groups is 1. The fourth-order valence-electron chi connectivity index (χ4n) is 2.00. The van der Waals surface area contributed by atoms with Crippen molar-refractivity contribution in [3.05, 3.63) is 51.5 Å². The number of guanidine groups is 1. The van der Waals surface area contributed by atoms with E-state index in [0.717, 1.165) is 28.9 Å². The molecular weight excluding hydrogens is 457 g/mol. The zero-order valence-electron chi connectivity index (χ0n) is 14.5. The highest BCUT2D eigenvalue weighted by atomic mass is 127. The second-order valence-electron chi connectivity index (χ2n) is 5.61. The Labute approximate surface area is 168 Å². The summed E-state index contributed by atoms with van der Waals surface area (Å²) in [5.41, 5.74) is 1.30. The second kappa shape index (κ2) is 10.6. The third-order valence-electron chi connectivity index (χ3n) is 3.33. The van der Waals surface area contributed by atoms with Gasteiger partial charge in [0.1, 0.15) is 16.6 Å². The molecule has 2 aromatic rings. The summed E-state index contributed by atoms with van der Waals surface area (Å²) in [7, 11) is 0. The maximum atomic E-state index is 13.6. The molecular formula is C17H23F2IN4S. The van der Waals surface area contributed by atoms with Gasteiger partial charge in [-0.1, -0.05) is 13.8 Å². The van der Waals surface area contributed by atoms with E-state index in [0.29, 0.717) is 25.0 Å². The van der Waals surface area contributed by atoms with E-state index in [4.69, 9.17) is 0 Å². The van der Waals surface area contributed by atoms with Crippen molar-refractivity contribution < 1.29 is 8.78 Å². The van der Waals surface area contributed by atoms with E-state index in [9.17, 15) is 8.78 Å². The average molecular weight is 480 g/mol. The number of rotatable bonds is 6. The summed E-state index contributed by atoms with van der Waals surface area (Å²) in [4.78, 5) is 8.86. The number of hydrogen-bond acceptors (Lipinski definition) is 3. The van der Waals surface area contributed by atoms with E-state index in [-0.39, 0.29) is 36.1 Å². The van der Waals surface area contributed by atoms with E-state index in [2.05, 4.69) is 34.5 Å². The third-order valence-corrected chi connectivity index (χ3v) is 4.19. The minimum absolute atomic E-state index is 0. The van der Waals surface area contributed by atoms with E-state index in [1.54, 1.807) is 11.3 Å². The molecule has 0 radical (unpaired) electrons. The van der Waals surface area contributed by atoms with Crippen molar-refractivity contribution in [2.24, 2.45) is 4.99 Å². The Kier molecular flexibility index (Phi) is 9.26. The summed E-state index contributed by atoms with van der Waals surface area (Å²) in [6.45, 7) is 7.42. The molecule has 1 aromatic heterocycles. The highest BCUT2D eigenvalue weighted by Gasteiger charge is 2.07. The van der Waals surface area contributed by atoms with Gasteiger partial charge < -0.3 is 10.6 Å². The van der Waals surface area contributed by atoms with Crippen LogP contribution in [0.25, 0.3) is 0 Å². The first kappa shape index (κ1) is 21.8. The number of halogens is 3. The molecule has 1 aromatic carbocycles. The first-order valence-corrected chi connectivity index (χ1v) is 8.78. The van der Waals surface area contributed by atoms with Crippen molar-refractivity contribution in [1.29, 1.82) is 0 Å². The van der Waals surface area contributed by atoms with Gasteiger partial charge in [0, 0.05) is 17.5 Å². The zero-order chi connectivity index (χ0) is 17.5. The Morgan fingerprint density at radius 1 is 1.28 bits per heavy atom. The number of aromatic nitrogens is 1. The quantitative estimate of drug-likeness (QED) is 0.366. The normalized spacial score (nSPS) is 11.4. The summed E-state index contributed by atoms with van der Waals surface area (Å²) in [5, 5.41) is 9.26. The number of hydrogen-bond donors (Lipinski definition) is 2. The van der Waals surface area contributed by atoms with E-state index in [1.165, 1.54) is 0 Å². The van der Waals surface area contributed by atoms with Gasteiger partial charge in [-0.25, -0.2) is 18.8 Å². The Balaban J connectivity index is 0.00000312. The van der Waals surface area contributed by atoms with Crippen LogP contribution in [0.4, 0.5) is 8.78 Å². The van der Waals surface area contributed by atoms with Crippen LogP contribution in [-0.2, 0) is 13.1 Å². The van der Waals surface area contributed by atoms with Crippen LogP contribution in [-0.4, -0.2) is 17.5 Å². The van der Waals surface area contributed by atoms with Crippen LogP contribution in [0.1, 0.15) is 43.0 Å². The third kappa shape index (κ3) is 6.85. The topological polar surface area (TPSA) is 49.3 Å². The molecule has 0 atom stereocenters. The molecule has 0 aliphatic carbocycles.